The van der Waals surface area contributed by atoms with Crippen LogP contribution in [0.2, 0.25) is 0 Å². The van der Waals surface area contributed by atoms with Gasteiger partial charge in [-0.15, -0.1) is 0 Å². The molecule has 7 heteroatoms. The highest BCUT2D eigenvalue weighted by molar-refractivity contribution is 6.03. The number of hydrogen-bond acceptors (Lipinski definition) is 6. The average molecular weight is 313 g/mol. The Labute approximate surface area is 134 Å². The van der Waals surface area contributed by atoms with Gasteiger partial charge in [-0.05, 0) is 19.1 Å². The number of piperazine rings is 1. The zero-order valence-corrected chi connectivity index (χ0v) is 13.1. The predicted molar refractivity (Wildman–Crippen MR) is 86.4 cm³/mol. The summed E-state index contributed by atoms with van der Waals surface area (Å²) in [5, 5.41) is 0. The van der Waals surface area contributed by atoms with Gasteiger partial charge in [0.2, 0.25) is 0 Å². The fourth-order valence-corrected chi connectivity index (χ4v) is 3.06. The van der Waals surface area contributed by atoms with Crippen molar-refractivity contribution in [1.29, 1.82) is 0 Å². The van der Waals surface area contributed by atoms with E-state index < -0.39 is 0 Å². The smallest absolute Gasteiger partial charge is 0.289 e. The van der Waals surface area contributed by atoms with Gasteiger partial charge in [-0.25, -0.2) is 4.99 Å². The van der Waals surface area contributed by atoms with Crippen molar-refractivity contribution in [2.75, 3.05) is 32.7 Å². The molecule has 0 aliphatic carbocycles. The first-order valence-electron chi connectivity index (χ1n) is 7.89. The number of carbonyl (C=O) groups excluding carboxylic acids is 1. The van der Waals surface area contributed by atoms with Crippen LogP contribution in [0.1, 0.15) is 17.5 Å². The van der Waals surface area contributed by atoms with Crippen LogP contribution in [0.3, 0.4) is 0 Å². The summed E-state index contributed by atoms with van der Waals surface area (Å²) in [7, 11) is 0. The molecule has 4 heterocycles. The van der Waals surface area contributed by atoms with E-state index in [0.717, 1.165) is 31.3 Å². The fourth-order valence-electron chi connectivity index (χ4n) is 3.06. The minimum absolute atomic E-state index is 0.0454. The average Bonchev–Trinajstić information content (AvgIpc) is 3.24. The van der Waals surface area contributed by atoms with Crippen LogP contribution >= 0.6 is 0 Å². The third-order valence-corrected chi connectivity index (χ3v) is 4.45. The lowest BCUT2D eigenvalue weighted by molar-refractivity contribution is 0.0637. The monoisotopic (exact) mass is 313 g/mol. The molecule has 0 spiro atoms. The molecule has 0 unspecified atom stereocenters. The largest absolute Gasteiger partial charge is 0.459 e. The maximum atomic E-state index is 12.3. The van der Waals surface area contributed by atoms with E-state index in [1.807, 2.05) is 17.3 Å². The van der Waals surface area contributed by atoms with Gasteiger partial charge in [0.15, 0.2) is 5.76 Å². The normalized spacial score (nSPS) is 23.7. The van der Waals surface area contributed by atoms with Gasteiger partial charge in [-0.1, -0.05) is 0 Å². The van der Waals surface area contributed by atoms with Crippen molar-refractivity contribution >= 4 is 18.1 Å². The molecule has 4 rings (SSSR count). The third-order valence-electron chi connectivity index (χ3n) is 4.45. The Morgan fingerprint density at radius 1 is 1.30 bits per heavy atom. The van der Waals surface area contributed by atoms with Crippen molar-refractivity contribution in [1.82, 2.24) is 14.7 Å². The van der Waals surface area contributed by atoms with Crippen LogP contribution < -0.4 is 0 Å². The lowest BCUT2D eigenvalue weighted by atomic mass is 10.2. The predicted octanol–water partition coefficient (Wildman–Crippen LogP) is 1.02. The van der Waals surface area contributed by atoms with E-state index in [0.29, 0.717) is 24.9 Å². The highest BCUT2D eigenvalue weighted by Crippen LogP contribution is 2.19. The van der Waals surface area contributed by atoms with E-state index in [2.05, 4.69) is 26.7 Å². The molecule has 0 saturated carbocycles. The summed E-state index contributed by atoms with van der Waals surface area (Å²) in [6.07, 6.45) is 5.43. The van der Waals surface area contributed by atoms with Gasteiger partial charge in [-0.3, -0.25) is 9.79 Å². The van der Waals surface area contributed by atoms with E-state index in [9.17, 15) is 4.79 Å². The summed E-state index contributed by atoms with van der Waals surface area (Å²) in [4.78, 5) is 27.5. The number of rotatable bonds is 2. The Bertz CT molecular complexity index is 683. The molecule has 1 amide bonds. The molecular formula is C16H19N5O2. The maximum absolute atomic E-state index is 12.3. The van der Waals surface area contributed by atoms with Crippen LogP contribution in [0.25, 0.3) is 0 Å². The van der Waals surface area contributed by atoms with Crippen LogP contribution in [-0.2, 0) is 0 Å². The van der Waals surface area contributed by atoms with Gasteiger partial charge in [0, 0.05) is 32.3 Å². The topological polar surface area (TPSA) is 64.6 Å². The molecule has 23 heavy (non-hydrogen) atoms. The quantitative estimate of drug-likeness (QED) is 0.818. The lowest BCUT2D eigenvalue weighted by Crippen LogP contribution is -2.48. The first-order valence-corrected chi connectivity index (χ1v) is 7.89. The molecule has 0 N–H and O–H groups in total. The molecule has 7 nitrogen and oxygen atoms in total. The first kappa shape index (κ1) is 14.0. The van der Waals surface area contributed by atoms with E-state index in [1.54, 1.807) is 12.1 Å². The van der Waals surface area contributed by atoms with Crippen LogP contribution in [0, 0.1) is 0 Å². The van der Waals surface area contributed by atoms with Crippen molar-refractivity contribution < 1.29 is 9.21 Å². The summed E-state index contributed by atoms with van der Waals surface area (Å²) in [5.41, 5.74) is 0. The third kappa shape index (κ3) is 2.52. The highest BCUT2D eigenvalue weighted by Gasteiger charge is 2.28. The summed E-state index contributed by atoms with van der Waals surface area (Å²) >= 11 is 0. The van der Waals surface area contributed by atoms with Gasteiger partial charge in [0.25, 0.3) is 5.91 Å². The van der Waals surface area contributed by atoms with Crippen molar-refractivity contribution in [3.05, 3.63) is 36.1 Å². The molecule has 1 atom stereocenters. The molecule has 0 bridgehead atoms. The molecular weight excluding hydrogens is 294 g/mol. The van der Waals surface area contributed by atoms with E-state index in [1.165, 1.54) is 6.26 Å². The van der Waals surface area contributed by atoms with Crippen LogP contribution in [-0.4, -0.2) is 71.5 Å². The Balaban J connectivity index is 1.40. The Morgan fingerprint density at radius 2 is 2.13 bits per heavy atom. The summed E-state index contributed by atoms with van der Waals surface area (Å²) in [6.45, 7) is 5.81. The second-order valence-corrected chi connectivity index (χ2v) is 5.96. The molecule has 0 radical (unpaired) electrons. The lowest BCUT2D eigenvalue weighted by Gasteiger charge is -2.36. The zero-order chi connectivity index (χ0) is 15.8. The minimum Gasteiger partial charge on any atom is -0.459 e. The first-order chi connectivity index (χ1) is 11.2. The number of amidine groups is 1. The number of carbonyl (C=O) groups is 1. The van der Waals surface area contributed by atoms with E-state index in [4.69, 9.17) is 4.42 Å². The Morgan fingerprint density at radius 3 is 2.87 bits per heavy atom. The summed E-state index contributed by atoms with van der Waals surface area (Å²) in [5.74, 6) is 2.27. The molecule has 1 aromatic rings. The second-order valence-electron chi connectivity index (χ2n) is 5.96. The van der Waals surface area contributed by atoms with E-state index in [-0.39, 0.29) is 5.91 Å². The second kappa shape index (κ2) is 5.57. The van der Waals surface area contributed by atoms with Gasteiger partial charge in [-0.2, -0.15) is 0 Å². The van der Waals surface area contributed by atoms with Crippen molar-refractivity contribution in [3.8, 4) is 0 Å². The van der Waals surface area contributed by atoms with E-state index >= 15 is 0 Å². The Hall–Kier alpha value is -2.57. The molecule has 3 aliphatic rings. The number of furan rings is 1. The number of fused-ring (bicyclic) bond motifs is 1. The summed E-state index contributed by atoms with van der Waals surface area (Å²) < 4.78 is 5.19. The molecule has 120 valence electrons. The zero-order valence-electron chi connectivity index (χ0n) is 13.1. The number of nitrogens with zero attached hydrogens (tertiary/aromatic N) is 5. The number of amides is 1. The summed E-state index contributed by atoms with van der Waals surface area (Å²) in [6, 6.07) is 3.82. The van der Waals surface area contributed by atoms with Gasteiger partial charge in [0.1, 0.15) is 11.7 Å². The molecule has 1 fully saturated rings. The highest BCUT2D eigenvalue weighted by atomic mass is 16.3. The van der Waals surface area contributed by atoms with Crippen LogP contribution in [0.4, 0.5) is 0 Å². The van der Waals surface area contributed by atoms with Crippen molar-refractivity contribution in [2.24, 2.45) is 9.98 Å². The standard InChI is InChI=1S/C16H19N5O2/c1-12-10-17-15-9-14(18-11-21(12)15)19-4-6-20(7-5-19)16(22)13-3-2-8-23-13/h2-3,8-9,11-12H,4-7,10H2,1H3/t12-/m0/s1. The minimum atomic E-state index is -0.0454. The van der Waals surface area contributed by atoms with Gasteiger partial charge in [0.05, 0.1) is 25.2 Å². The number of aliphatic imine (C=N–C) groups is 2. The Kier molecular flexibility index (Phi) is 3.40. The van der Waals surface area contributed by atoms with Crippen molar-refractivity contribution in [3.63, 3.8) is 0 Å². The van der Waals surface area contributed by atoms with Crippen LogP contribution in [0.15, 0.2) is 44.7 Å². The molecule has 3 aliphatic heterocycles. The maximum Gasteiger partial charge on any atom is 0.289 e. The molecule has 1 saturated heterocycles. The van der Waals surface area contributed by atoms with Gasteiger partial charge >= 0.3 is 0 Å². The van der Waals surface area contributed by atoms with Crippen molar-refractivity contribution in [2.45, 2.75) is 13.0 Å². The molecule has 1 aromatic heterocycles. The van der Waals surface area contributed by atoms with Gasteiger partial charge < -0.3 is 19.1 Å². The fraction of sp³-hybridized carbons (Fsp3) is 0.438. The molecule has 0 aromatic carbocycles. The van der Waals surface area contributed by atoms with Crippen LogP contribution in [0.5, 0.6) is 0 Å². The SMILES string of the molecule is C[C@H]1CN=C2C=C(N3CCN(C(=O)c4ccco4)CC3)N=CN21. The number of hydrogen-bond donors (Lipinski definition) is 0.